The minimum absolute atomic E-state index is 0.206. The summed E-state index contributed by atoms with van der Waals surface area (Å²) in [5.74, 6) is 2.12. The number of amides is 2. The molecule has 1 aliphatic rings. The fraction of sp³-hybridized carbons (Fsp3) is 0.400. The van der Waals surface area contributed by atoms with Crippen LogP contribution in [0.2, 0.25) is 0 Å². The first-order valence-corrected chi connectivity index (χ1v) is 7.19. The van der Waals surface area contributed by atoms with Crippen LogP contribution >= 0.6 is 0 Å². The number of anilines is 1. The molecule has 3 rings (SSSR count). The Bertz CT molecular complexity index is 636. The van der Waals surface area contributed by atoms with E-state index >= 15 is 0 Å². The molecule has 0 saturated carbocycles. The highest BCUT2D eigenvalue weighted by atomic mass is 16.2. The lowest BCUT2D eigenvalue weighted by Gasteiger charge is -2.23. The Labute approximate surface area is 123 Å². The first kappa shape index (κ1) is 13.6. The van der Waals surface area contributed by atoms with Crippen LogP contribution in [0.5, 0.6) is 0 Å². The maximum atomic E-state index is 11.9. The summed E-state index contributed by atoms with van der Waals surface area (Å²) in [5.41, 5.74) is 0.881. The van der Waals surface area contributed by atoms with Gasteiger partial charge in [0.1, 0.15) is 11.6 Å². The van der Waals surface area contributed by atoms with Gasteiger partial charge in [0, 0.05) is 37.6 Å². The van der Waals surface area contributed by atoms with Crippen LogP contribution in [0.3, 0.4) is 0 Å². The minimum Gasteiger partial charge on any atom is -0.338 e. The molecule has 2 aromatic rings. The zero-order valence-electron chi connectivity index (χ0n) is 12.0. The molecule has 21 heavy (non-hydrogen) atoms. The van der Waals surface area contributed by atoms with Gasteiger partial charge in [0.15, 0.2) is 0 Å². The predicted octanol–water partition coefficient (Wildman–Crippen LogP) is 1.97. The van der Waals surface area contributed by atoms with E-state index in [1.54, 1.807) is 6.07 Å². The van der Waals surface area contributed by atoms with Gasteiger partial charge in [0.25, 0.3) is 0 Å². The molecule has 0 aliphatic carbocycles. The Hall–Kier alpha value is -2.37. The van der Waals surface area contributed by atoms with Crippen molar-refractivity contribution in [2.24, 2.45) is 5.92 Å². The highest BCUT2D eigenvalue weighted by Gasteiger charge is 2.19. The molecule has 2 N–H and O–H groups in total. The number of carbonyl (C=O) groups excluding carboxylic acids is 1. The average Bonchev–Trinajstić information content (AvgIpc) is 2.92. The number of aromatic nitrogens is 3. The second kappa shape index (κ2) is 5.95. The van der Waals surface area contributed by atoms with Crippen molar-refractivity contribution in [1.29, 1.82) is 0 Å². The second-order valence-corrected chi connectivity index (χ2v) is 5.39. The van der Waals surface area contributed by atoms with E-state index in [0.717, 1.165) is 30.9 Å². The Kier molecular flexibility index (Phi) is 3.85. The molecule has 2 aromatic heterocycles. The van der Waals surface area contributed by atoms with Crippen molar-refractivity contribution >= 4 is 11.8 Å². The molecule has 6 nitrogen and oxygen atoms in total. The normalized spacial score (nSPS) is 17.1. The van der Waals surface area contributed by atoms with Crippen LogP contribution in [0.25, 0.3) is 0 Å². The van der Waals surface area contributed by atoms with Gasteiger partial charge < -0.3 is 9.88 Å². The van der Waals surface area contributed by atoms with Gasteiger partial charge in [-0.3, -0.25) is 5.32 Å². The summed E-state index contributed by atoms with van der Waals surface area (Å²) < 4.78 is 2.17. The van der Waals surface area contributed by atoms with Crippen LogP contribution in [-0.2, 0) is 13.0 Å². The molecule has 6 heteroatoms. The number of fused-ring (bicyclic) bond motifs is 1. The summed E-state index contributed by atoms with van der Waals surface area (Å²) in [7, 11) is 0. The molecule has 0 aromatic carbocycles. The number of nitrogens with zero attached hydrogens (tertiary/aromatic N) is 3. The quantitative estimate of drug-likeness (QED) is 0.905. The van der Waals surface area contributed by atoms with Gasteiger partial charge >= 0.3 is 6.03 Å². The Morgan fingerprint density at radius 2 is 2.38 bits per heavy atom. The zero-order chi connectivity index (χ0) is 14.7. The number of hydrogen-bond donors (Lipinski definition) is 2. The Morgan fingerprint density at radius 3 is 3.24 bits per heavy atom. The van der Waals surface area contributed by atoms with E-state index in [1.807, 2.05) is 31.5 Å². The molecule has 3 heterocycles. The van der Waals surface area contributed by atoms with Gasteiger partial charge in [-0.2, -0.15) is 0 Å². The predicted molar refractivity (Wildman–Crippen MR) is 80.0 cm³/mol. The van der Waals surface area contributed by atoms with Crippen molar-refractivity contribution < 1.29 is 4.79 Å². The molecule has 1 atom stereocenters. The number of urea groups is 1. The number of hydrogen-bond acceptors (Lipinski definition) is 3. The SMILES string of the molecule is Cc1cccc(NC(=O)NC[C@@H]2CCn3ccnc3C2)n1. The molecule has 1 aliphatic heterocycles. The lowest BCUT2D eigenvalue weighted by atomic mass is 9.98. The smallest absolute Gasteiger partial charge is 0.320 e. The van der Waals surface area contributed by atoms with Crippen LogP contribution in [0.1, 0.15) is 17.9 Å². The summed E-state index contributed by atoms with van der Waals surface area (Å²) in [5, 5.41) is 5.67. The van der Waals surface area contributed by atoms with E-state index in [9.17, 15) is 4.79 Å². The molecule has 0 unspecified atom stereocenters. The van der Waals surface area contributed by atoms with Crippen molar-refractivity contribution in [1.82, 2.24) is 19.9 Å². The summed E-state index contributed by atoms with van der Waals surface area (Å²) in [4.78, 5) is 20.5. The zero-order valence-corrected chi connectivity index (χ0v) is 12.0. The lowest BCUT2D eigenvalue weighted by molar-refractivity contribution is 0.248. The van der Waals surface area contributed by atoms with Gasteiger partial charge in [-0.15, -0.1) is 0 Å². The van der Waals surface area contributed by atoms with E-state index in [2.05, 4.69) is 25.2 Å². The van der Waals surface area contributed by atoms with Gasteiger partial charge in [-0.25, -0.2) is 14.8 Å². The lowest BCUT2D eigenvalue weighted by Crippen LogP contribution is -2.36. The summed E-state index contributed by atoms with van der Waals surface area (Å²) >= 11 is 0. The van der Waals surface area contributed by atoms with Crippen molar-refractivity contribution in [2.45, 2.75) is 26.3 Å². The molecule has 0 bridgehead atoms. The van der Waals surface area contributed by atoms with E-state index in [0.29, 0.717) is 18.3 Å². The molecule has 0 fully saturated rings. The minimum atomic E-state index is -0.206. The molecule has 0 radical (unpaired) electrons. The topological polar surface area (TPSA) is 71.8 Å². The molecule has 0 saturated heterocycles. The average molecular weight is 285 g/mol. The first-order valence-electron chi connectivity index (χ1n) is 7.19. The second-order valence-electron chi connectivity index (χ2n) is 5.39. The summed E-state index contributed by atoms with van der Waals surface area (Å²) in [6, 6.07) is 5.35. The Morgan fingerprint density at radius 1 is 1.48 bits per heavy atom. The number of carbonyl (C=O) groups is 1. The highest BCUT2D eigenvalue weighted by Crippen LogP contribution is 2.18. The monoisotopic (exact) mass is 285 g/mol. The van der Waals surface area contributed by atoms with Crippen LogP contribution < -0.4 is 10.6 Å². The van der Waals surface area contributed by atoms with Crippen molar-refractivity contribution in [2.75, 3.05) is 11.9 Å². The third-order valence-electron chi connectivity index (χ3n) is 3.73. The summed E-state index contributed by atoms with van der Waals surface area (Å²) in [6.45, 7) is 3.53. The molecule has 2 amide bonds. The van der Waals surface area contributed by atoms with Crippen LogP contribution in [0, 0.1) is 12.8 Å². The van der Waals surface area contributed by atoms with Gasteiger partial charge in [0.2, 0.25) is 0 Å². The fourth-order valence-corrected chi connectivity index (χ4v) is 2.60. The number of nitrogens with one attached hydrogen (secondary N) is 2. The highest BCUT2D eigenvalue weighted by molar-refractivity contribution is 5.88. The van der Waals surface area contributed by atoms with Crippen molar-refractivity contribution in [3.8, 4) is 0 Å². The molecular formula is C15H19N5O. The van der Waals surface area contributed by atoms with Crippen LogP contribution in [0.15, 0.2) is 30.6 Å². The maximum Gasteiger partial charge on any atom is 0.320 e. The molecule has 110 valence electrons. The van der Waals surface area contributed by atoms with Gasteiger partial charge in [-0.1, -0.05) is 6.07 Å². The third-order valence-corrected chi connectivity index (χ3v) is 3.73. The largest absolute Gasteiger partial charge is 0.338 e. The van der Waals surface area contributed by atoms with Crippen LogP contribution in [0.4, 0.5) is 10.6 Å². The van der Waals surface area contributed by atoms with E-state index < -0.39 is 0 Å². The summed E-state index contributed by atoms with van der Waals surface area (Å²) in [6.07, 6.45) is 5.82. The third kappa shape index (κ3) is 3.39. The van der Waals surface area contributed by atoms with Gasteiger partial charge in [0.05, 0.1) is 0 Å². The van der Waals surface area contributed by atoms with E-state index in [1.165, 1.54) is 0 Å². The maximum absolute atomic E-state index is 11.9. The number of pyridine rings is 1. The van der Waals surface area contributed by atoms with Crippen LogP contribution in [-0.4, -0.2) is 27.1 Å². The number of rotatable bonds is 3. The Balaban J connectivity index is 1.48. The standard InChI is InChI=1S/C15H19N5O/c1-11-3-2-4-13(18-11)19-15(21)17-10-12-5-7-20-8-6-16-14(20)9-12/h2-4,6,8,12H,5,7,9-10H2,1H3,(H2,17,18,19,21)/t12-/m1/s1. The first-order chi connectivity index (χ1) is 10.2. The molecule has 0 spiro atoms. The fourth-order valence-electron chi connectivity index (χ4n) is 2.60. The van der Waals surface area contributed by atoms with Crippen molar-refractivity contribution in [3.63, 3.8) is 0 Å². The van der Waals surface area contributed by atoms with E-state index in [4.69, 9.17) is 0 Å². The number of aryl methyl sites for hydroxylation is 2. The van der Waals surface area contributed by atoms with Crippen molar-refractivity contribution in [3.05, 3.63) is 42.1 Å². The number of imidazole rings is 1. The van der Waals surface area contributed by atoms with E-state index in [-0.39, 0.29) is 6.03 Å². The molecular weight excluding hydrogens is 266 g/mol. The van der Waals surface area contributed by atoms with Gasteiger partial charge in [-0.05, 0) is 31.4 Å².